The first-order valence-corrected chi connectivity index (χ1v) is 7.59. The topological polar surface area (TPSA) is 44.8 Å². The number of hydrogen-bond donors (Lipinski definition) is 0. The van der Waals surface area contributed by atoms with Gasteiger partial charge in [-0.05, 0) is 55.3 Å². The van der Waals surface area contributed by atoms with E-state index >= 15 is 0 Å². The Labute approximate surface area is 140 Å². The van der Waals surface area contributed by atoms with E-state index in [2.05, 4.69) is 0 Å². The molecule has 23 heavy (non-hydrogen) atoms. The Bertz CT molecular complexity index is 698. The number of hydrogen-bond acceptors (Lipinski definition) is 4. The quantitative estimate of drug-likeness (QED) is 0.561. The predicted octanol–water partition coefficient (Wildman–Crippen LogP) is 4.24. The van der Waals surface area contributed by atoms with Crippen LogP contribution in [0.3, 0.4) is 0 Å². The zero-order valence-corrected chi connectivity index (χ0v) is 14.1. The summed E-state index contributed by atoms with van der Waals surface area (Å²) in [6, 6.07) is 8.69. The van der Waals surface area contributed by atoms with Gasteiger partial charge >= 0.3 is 0 Å². The molecular formula is C18H19ClO4. The molecule has 0 heterocycles. The first-order chi connectivity index (χ1) is 11.1. The minimum atomic E-state index is 0.359. The third-order valence-electron chi connectivity index (χ3n) is 3.59. The van der Waals surface area contributed by atoms with Crippen LogP contribution in [0, 0.1) is 13.8 Å². The first kappa shape index (κ1) is 17.2. The first-order valence-electron chi connectivity index (χ1n) is 7.21. The third-order valence-corrected chi connectivity index (χ3v) is 4.00. The minimum absolute atomic E-state index is 0.359. The standard InChI is InChI=1S/C18H19ClO4/c1-12-13(2)16(7-5-15(12)19)22-8-9-23-17-6-4-14(11-20)10-18(17)21-3/h4-7,10-11H,8-9H2,1-3H3. The summed E-state index contributed by atoms with van der Waals surface area (Å²) in [4.78, 5) is 10.8. The number of aldehydes is 1. The molecule has 2 rings (SSSR count). The normalized spacial score (nSPS) is 10.3. The van der Waals surface area contributed by atoms with Crippen LogP contribution >= 0.6 is 11.6 Å². The number of rotatable bonds is 7. The number of carbonyl (C=O) groups excluding carboxylic acids is 1. The number of ether oxygens (including phenoxy) is 3. The van der Waals surface area contributed by atoms with Crippen molar-refractivity contribution in [3.8, 4) is 17.2 Å². The van der Waals surface area contributed by atoms with Crippen molar-refractivity contribution in [1.29, 1.82) is 0 Å². The van der Waals surface area contributed by atoms with Crippen LogP contribution in [0.4, 0.5) is 0 Å². The molecule has 0 atom stereocenters. The molecule has 0 aliphatic rings. The van der Waals surface area contributed by atoms with E-state index < -0.39 is 0 Å². The maximum Gasteiger partial charge on any atom is 0.161 e. The highest BCUT2D eigenvalue weighted by Crippen LogP contribution is 2.28. The van der Waals surface area contributed by atoms with E-state index in [0.29, 0.717) is 30.3 Å². The summed E-state index contributed by atoms with van der Waals surface area (Å²) in [6.07, 6.45) is 0.765. The van der Waals surface area contributed by atoms with Crippen molar-refractivity contribution in [2.24, 2.45) is 0 Å². The van der Waals surface area contributed by atoms with E-state index in [0.717, 1.165) is 28.2 Å². The Kier molecular flexibility index (Phi) is 5.88. The van der Waals surface area contributed by atoms with Crippen molar-refractivity contribution < 1.29 is 19.0 Å². The Morgan fingerprint density at radius 2 is 1.61 bits per heavy atom. The summed E-state index contributed by atoms with van der Waals surface area (Å²) in [5.74, 6) is 1.89. The molecule has 0 fully saturated rings. The average Bonchev–Trinajstić information content (AvgIpc) is 2.58. The molecule has 0 aliphatic heterocycles. The molecule has 0 saturated heterocycles. The lowest BCUT2D eigenvalue weighted by Crippen LogP contribution is -2.10. The summed E-state index contributed by atoms with van der Waals surface area (Å²) in [6.45, 7) is 4.68. The van der Waals surface area contributed by atoms with Gasteiger partial charge in [0.15, 0.2) is 11.5 Å². The highest BCUT2D eigenvalue weighted by atomic mass is 35.5. The molecule has 4 nitrogen and oxygen atoms in total. The van der Waals surface area contributed by atoms with Gasteiger partial charge in [-0.2, -0.15) is 0 Å². The Balaban J connectivity index is 1.93. The van der Waals surface area contributed by atoms with Gasteiger partial charge in [0, 0.05) is 10.6 Å². The molecule has 2 aromatic carbocycles. The molecule has 0 unspecified atom stereocenters. The average molecular weight is 335 g/mol. The molecular weight excluding hydrogens is 316 g/mol. The molecule has 122 valence electrons. The number of methoxy groups -OCH3 is 1. The lowest BCUT2D eigenvalue weighted by Gasteiger charge is -2.14. The van der Waals surface area contributed by atoms with E-state index in [9.17, 15) is 4.79 Å². The van der Waals surface area contributed by atoms with Gasteiger partial charge in [-0.3, -0.25) is 4.79 Å². The van der Waals surface area contributed by atoms with Crippen LogP contribution < -0.4 is 14.2 Å². The fourth-order valence-corrected chi connectivity index (χ4v) is 2.30. The van der Waals surface area contributed by atoms with Crippen molar-refractivity contribution in [3.05, 3.63) is 52.0 Å². The van der Waals surface area contributed by atoms with Crippen LogP contribution in [0.25, 0.3) is 0 Å². The Hall–Kier alpha value is -2.20. The highest BCUT2D eigenvalue weighted by Gasteiger charge is 2.08. The maximum absolute atomic E-state index is 10.8. The van der Waals surface area contributed by atoms with Crippen LogP contribution in [0.15, 0.2) is 30.3 Å². The predicted molar refractivity (Wildman–Crippen MR) is 90.3 cm³/mol. The van der Waals surface area contributed by atoms with Crippen LogP contribution in [0.1, 0.15) is 21.5 Å². The van der Waals surface area contributed by atoms with E-state index in [1.54, 1.807) is 18.2 Å². The number of carbonyl (C=O) groups is 1. The number of halogens is 1. The Morgan fingerprint density at radius 3 is 2.26 bits per heavy atom. The minimum Gasteiger partial charge on any atom is -0.493 e. The fourth-order valence-electron chi connectivity index (χ4n) is 2.10. The van der Waals surface area contributed by atoms with Crippen molar-refractivity contribution in [2.45, 2.75) is 13.8 Å². The molecule has 0 aromatic heterocycles. The van der Waals surface area contributed by atoms with Gasteiger partial charge in [-0.25, -0.2) is 0 Å². The monoisotopic (exact) mass is 334 g/mol. The molecule has 0 aliphatic carbocycles. The highest BCUT2D eigenvalue weighted by molar-refractivity contribution is 6.31. The Morgan fingerprint density at radius 1 is 0.957 bits per heavy atom. The lowest BCUT2D eigenvalue weighted by molar-refractivity contribution is 0.112. The van der Waals surface area contributed by atoms with E-state index in [4.69, 9.17) is 25.8 Å². The van der Waals surface area contributed by atoms with Crippen molar-refractivity contribution in [3.63, 3.8) is 0 Å². The van der Waals surface area contributed by atoms with E-state index in [1.165, 1.54) is 7.11 Å². The summed E-state index contributed by atoms with van der Waals surface area (Å²) in [5, 5.41) is 0.728. The van der Waals surface area contributed by atoms with E-state index in [1.807, 2.05) is 26.0 Å². The summed E-state index contributed by atoms with van der Waals surface area (Å²) >= 11 is 6.07. The summed E-state index contributed by atoms with van der Waals surface area (Å²) in [7, 11) is 1.53. The van der Waals surface area contributed by atoms with Gasteiger partial charge in [-0.1, -0.05) is 11.6 Å². The maximum atomic E-state index is 10.8. The van der Waals surface area contributed by atoms with Crippen molar-refractivity contribution in [2.75, 3.05) is 20.3 Å². The second-order valence-electron chi connectivity index (χ2n) is 5.02. The molecule has 2 aromatic rings. The smallest absolute Gasteiger partial charge is 0.161 e. The van der Waals surface area contributed by atoms with Gasteiger partial charge in [-0.15, -0.1) is 0 Å². The summed E-state index contributed by atoms with van der Waals surface area (Å²) < 4.78 is 16.6. The molecule has 0 N–H and O–H groups in total. The van der Waals surface area contributed by atoms with Gasteiger partial charge in [0.1, 0.15) is 25.2 Å². The fraction of sp³-hybridized carbons (Fsp3) is 0.278. The van der Waals surface area contributed by atoms with Crippen LogP contribution in [-0.2, 0) is 0 Å². The second-order valence-corrected chi connectivity index (χ2v) is 5.43. The van der Waals surface area contributed by atoms with Gasteiger partial charge in [0.25, 0.3) is 0 Å². The van der Waals surface area contributed by atoms with Gasteiger partial charge in [0.05, 0.1) is 7.11 Å². The molecule has 0 bridgehead atoms. The van der Waals surface area contributed by atoms with Gasteiger partial charge in [0.2, 0.25) is 0 Å². The van der Waals surface area contributed by atoms with Crippen LogP contribution in [0.5, 0.6) is 17.2 Å². The molecule has 0 spiro atoms. The molecule has 0 saturated carbocycles. The molecule has 0 radical (unpaired) electrons. The van der Waals surface area contributed by atoms with Crippen LogP contribution in [0.2, 0.25) is 5.02 Å². The van der Waals surface area contributed by atoms with Crippen molar-refractivity contribution in [1.82, 2.24) is 0 Å². The lowest BCUT2D eigenvalue weighted by atomic mass is 10.1. The number of benzene rings is 2. The second kappa shape index (κ2) is 7.88. The molecule has 0 amide bonds. The zero-order valence-electron chi connectivity index (χ0n) is 13.4. The van der Waals surface area contributed by atoms with Gasteiger partial charge < -0.3 is 14.2 Å². The van der Waals surface area contributed by atoms with E-state index in [-0.39, 0.29) is 0 Å². The summed E-state index contributed by atoms with van der Waals surface area (Å²) in [5.41, 5.74) is 2.57. The molecule has 5 heteroatoms. The third kappa shape index (κ3) is 4.17. The van der Waals surface area contributed by atoms with Crippen LogP contribution in [-0.4, -0.2) is 26.6 Å². The van der Waals surface area contributed by atoms with Crippen molar-refractivity contribution >= 4 is 17.9 Å². The SMILES string of the molecule is COc1cc(C=O)ccc1OCCOc1ccc(Cl)c(C)c1C. The largest absolute Gasteiger partial charge is 0.493 e. The zero-order chi connectivity index (χ0) is 16.8.